The summed E-state index contributed by atoms with van der Waals surface area (Å²) < 4.78 is 0. The number of imide groups is 1. The van der Waals surface area contributed by atoms with E-state index in [1.807, 2.05) is 24.3 Å². The number of nitrogens with zero attached hydrogens (tertiary/aromatic N) is 3. The zero-order valence-electron chi connectivity index (χ0n) is 13.6. The number of para-hydroxylation sites is 1. The molecule has 1 unspecified atom stereocenters. The first-order valence-electron chi connectivity index (χ1n) is 8.23. The molecule has 1 fully saturated rings. The van der Waals surface area contributed by atoms with Crippen molar-refractivity contribution in [3.63, 3.8) is 0 Å². The number of likely N-dealkylation sites (tertiary alicyclic amines) is 1. The van der Waals surface area contributed by atoms with Crippen molar-refractivity contribution in [1.29, 1.82) is 0 Å². The van der Waals surface area contributed by atoms with Crippen molar-refractivity contribution in [3.05, 3.63) is 59.7 Å². The summed E-state index contributed by atoms with van der Waals surface area (Å²) in [6.45, 7) is -0.0940. The van der Waals surface area contributed by atoms with Gasteiger partial charge in [0.1, 0.15) is 12.5 Å². The van der Waals surface area contributed by atoms with Crippen molar-refractivity contribution < 1.29 is 14.4 Å². The van der Waals surface area contributed by atoms with Crippen LogP contribution in [0.3, 0.4) is 0 Å². The standard InChI is InChI=1S/C19H13N3O3S/c23-16-9-15-17(20-13-7-3-4-8-14(13)26-15)21(16)10-22-18(24)11-5-1-2-6-12(11)19(22)25/h1-8,15H,9-10H2. The highest BCUT2D eigenvalue weighted by Crippen LogP contribution is 2.42. The maximum atomic E-state index is 12.6. The Morgan fingerprint density at radius 3 is 2.31 bits per heavy atom. The van der Waals surface area contributed by atoms with Crippen molar-refractivity contribution in [2.24, 2.45) is 4.99 Å². The number of thioether (sulfide) groups is 1. The molecule has 26 heavy (non-hydrogen) atoms. The highest BCUT2D eigenvalue weighted by atomic mass is 32.2. The van der Waals surface area contributed by atoms with E-state index < -0.39 is 0 Å². The molecule has 0 N–H and O–H groups in total. The van der Waals surface area contributed by atoms with Gasteiger partial charge in [0.15, 0.2) is 0 Å². The molecule has 0 aliphatic carbocycles. The van der Waals surface area contributed by atoms with E-state index in [1.165, 1.54) is 4.90 Å². The molecule has 1 saturated heterocycles. The number of hydrogen-bond donors (Lipinski definition) is 0. The zero-order chi connectivity index (χ0) is 17.8. The van der Waals surface area contributed by atoms with Crippen LogP contribution in [-0.4, -0.2) is 45.3 Å². The summed E-state index contributed by atoms with van der Waals surface area (Å²) in [6, 6.07) is 14.4. The van der Waals surface area contributed by atoms with Crippen LogP contribution in [0.15, 0.2) is 58.4 Å². The molecule has 5 rings (SSSR count). The van der Waals surface area contributed by atoms with E-state index in [4.69, 9.17) is 0 Å². The lowest BCUT2D eigenvalue weighted by Gasteiger charge is -2.26. The van der Waals surface area contributed by atoms with Crippen LogP contribution < -0.4 is 0 Å². The van der Waals surface area contributed by atoms with E-state index >= 15 is 0 Å². The second kappa shape index (κ2) is 5.54. The van der Waals surface area contributed by atoms with Crippen molar-refractivity contribution in [3.8, 4) is 0 Å². The third kappa shape index (κ3) is 2.13. The number of carbonyl (C=O) groups is 3. The molecule has 2 aromatic carbocycles. The number of amides is 3. The Labute approximate surface area is 153 Å². The lowest BCUT2D eigenvalue weighted by molar-refractivity contribution is -0.126. The monoisotopic (exact) mass is 363 g/mol. The lowest BCUT2D eigenvalue weighted by atomic mass is 10.1. The fourth-order valence-corrected chi connectivity index (χ4v) is 4.68. The molecule has 3 heterocycles. The van der Waals surface area contributed by atoms with Gasteiger partial charge in [-0.15, -0.1) is 11.8 Å². The molecule has 3 amide bonds. The van der Waals surface area contributed by atoms with E-state index in [0.717, 1.165) is 15.5 Å². The Bertz CT molecular complexity index is 982. The summed E-state index contributed by atoms with van der Waals surface area (Å²) in [6.07, 6.45) is 0.320. The van der Waals surface area contributed by atoms with E-state index in [1.54, 1.807) is 36.0 Å². The van der Waals surface area contributed by atoms with Crippen LogP contribution in [0.2, 0.25) is 0 Å². The van der Waals surface area contributed by atoms with Crippen LogP contribution in [0.25, 0.3) is 0 Å². The fraction of sp³-hybridized carbons (Fsp3) is 0.158. The topological polar surface area (TPSA) is 70.1 Å². The summed E-state index contributed by atoms with van der Waals surface area (Å²) in [5, 5.41) is -0.0763. The first-order valence-corrected chi connectivity index (χ1v) is 9.11. The summed E-state index contributed by atoms with van der Waals surface area (Å²) in [4.78, 5) is 46.0. The number of fused-ring (bicyclic) bond motifs is 3. The first-order chi connectivity index (χ1) is 12.6. The molecular weight excluding hydrogens is 350 g/mol. The van der Waals surface area contributed by atoms with Gasteiger partial charge in [0.2, 0.25) is 5.91 Å². The molecule has 128 valence electrons. The van der Waals surface area contributed by atoms with Gasteiger partial charge >= 0.3 is 0 Å². The molecule has 7 heteroatoms. The van der Waals surface area contributed by atoms with E-state index in [-0.39, 0.29) is 29.6 Å². The molecule has 6 nitrogen and oxygen atoms in total. The van der Waals surface area contributed by atoms with E-state index in [2.05, 4.69) is 4.99 Å². The predicted octanol–water partition coefficient (Wildman–Crippen LogP) is 2.68. The Morgan fingerprint density at radius 1 is 0.923 bits per heavy atom. The van der Waals surface area contributed by atoms with Gasteiger partial charge in [0, 0.05) is 11.3 Å². The summed E-state index contributed by atoms with van der Waals surface area (Å²) in [7, 11) is 0. The molecule has 0 bridgehead atoms. The summed E-state index contributed by atoms with van der Waals surface area (Å²) >= 11 is 1.60. The second-order valence-corrected chi connectivity index (χ2v) is 7.54. The van der Waals surface area contributed by atoms with Gasteiger partial charge in [-0.3, -0.25) is 24.2 Å². The third-order valence-electron chi connectivity index (χ3n) is 4.76. The van der Waals surface area contributed by atoms with Crippen LogP contribution in [0.5, 0.6) is 0 Å². The Kier molecular flexibility index (Phi) is 3.27. The molecule has 0 radical (unpaired) electrons. The van der Waals surface area contributed by atoms with Crippen molar-refractivity contribution in [2.45, 2.75) is 16.6 Å². The highest BCUT2D eigenvalue weighted by Gasteiger charge is 2.44. The minimum atomic E-state index is -0.369. The molecule has 2 aromatic rings. The largest absolute Gasteiger partial charge is 0.280 e. The molecule has 0 saturated carbocycles. The van der Waals surface area contributed by atoms with Crippen molar-refractivity contribution in [2.75, 3.05) is 6.67 Å². The number of amidine groups is 1. The molecule has 1 atom stereocenters. The van der Waals surface area contributed by atoms with Crippen LogP contribution in [0, 0.1) is 0 Å². The van der Waals surface area contributed by atoms with Gasteiger partial charge in [0.05, 0.1) is 22.1 Å². The Morgan fingerprint density at radius 2 is 1.58 bits per heavy atom. The van der Waals surface area contributed by atoms with E-state index in [9.17, 15) is 14.4 Å². The van der Waals surface area contributed by atoms with Crippen molar-refractivity contribution in [1.82, 2.24) is 9.80 Å². The number of carbonyl (C=O) groups excluding carboxylic acids is 3. The summed E-state index contributed by atoms with van der Waals surface area (Å²) in [5.74, 6) is -0.238. The normalized spacial score (nSPS) is 20.8. The maximum absolute atomic E-state index is 12.6. The van der Waals surface area contributed by atoms with Gasteiger partial charge in [0.25, 0.3) is 11.8 Å². The SMILES string of the molecule is O=C1CC2Sc3ccccc3N=C2N1CN1C(=O)c2ccccc2C1=O. The number of aliphatic imine (C=N–C) groups is 1. The number of benzene rings is 2. The van der Waals surface area contributed by atoms with Gasteiger partial charge in [-0.05, 0) is 24.3 Å². The van der Waals surface area contributed by atoms with E-state index in [0.29, 0.717) is 23.4 Å². The Balaban J connectivity index is 1.48. The second-order valence-electron chi connectivity index (χ2n) is 6.30. The van der Waals surface area contributed by atoms with Crippen LogP contribution >= 0.6 is 11.8 Å². The van der Waals surface area contributed by atoms with Gasteiger partial charge in [-0.25, -0.2) is 4.99 Å². The molecule has 3 aliphatic heterocycles. The molecule has 0 aromatic heterocycles. The summed E-state index contributed by atoms with van der Waals surface area (Å²) in [5.41, 5.74) is 1.57. The average Bonchev–Trinajstić information content (AvgIpc) is 3.09. The molecule has 3 aliphatic rings. The van der Waals surface area contributed by atoms with Gasteiger partial charge < -0.3 is 0 Å². The predicted molar refractivity (Wildman–Crippen MR) is 96.5 cm³/mol. The minimum absolute atomic E-state index is 0.0763. The van der Waals surface area contributed by atoms with Crippen LogP contribution in [0.4, 0.5) is 5.69 Å². The number of rotatable bonds is 2. The highest BCUT2D eigenvalue weighted by molar-refractivity contribution is 8.01. The molecular formula is C19H13N3O3S. The maximum Gasteiger partial charge on any atom is 0.263 e. The van der Waals surface area contributed by atoms with Gasteiger partial charge in [-0.2, -0.15) is 0 Å². The zero-order valence-corrected chi connectivity index (χ0v) is 14.4. The average molecular weight is 363 g/mol. The molecule has 0 spiro atoms. The van der Waals surface area contributed by atoms with Crippen LogP contribution in [-0.2, 0) is 4.79 Å². The van der Waals surface area contributed by atoms with Crippen LogP contribution in [0.1, 0.15) is 27.1 Å². The number of hydrogen-bond acceptors (Lipinski definition) is 5. The van der Waals surface area contributed by atoms with Gasteiger partial charge in [-0.1, -0.05) is 24.3 Å². The minimum Gasteiger partial charge on any atom is -0.280 e. The first kappa shape index (κ1) is 15.3. The fourth-order valence-electron chi connectivity index (χ4n) is 3.47. The quantitative estimate of drug-likeness (QED) is 0.769. The lowest BCUT2D eigenvalue weighted by Crippen LogP contribution is -2.44. The van der Waals surface area contributed by atoms with Crippen molar-refractivity contribution >= 4 is 41.0 Å². The third-order valence-corrected chi connectivity index (χ3v) is 6.02. The Hall–Kier alpha value is -2.93. The smallest absolute Gasteiger partial charge is 0.263 e.